The van der Waals surface area contributed by atoms with Crippen LogP contribution < -0.4 is 15.2 Å². The van der Waals surface area contributed by atoms with E-state index >= 15 is 0 Å². The van der Waals surface area contributed by atoms with Crippen LogP contribution in [0.5, 0.6) is 0 Å². The average Bonchev–Trinajstić information content (AvgIpc) is 3.68. The maximum atomic E-state index is 6.06. The molecule has 2 aliphatic rings. The fraction of sp³-hybridized carbons (Fsp3) is 0.333. The number of aromatic nitrogens is 4. The van der Waals surface area contributed by atoms with E-state index in [4.69, 9.17) is 16.6 Å². The van der Waals surface area contributed by atoms with Crippen LogP contribution in [0.2, 0.25) is 5.02 Å². The van der Waals surface area contributed by atoms with E-state index in [-0.39, 0.29) is 0 Å². The Morgan fingerprint density at radius 3 is 2.14 bits per heavy atom. The summed E-state index contributed by atoms with van der Waals surface area (Å²) in [5, 5.41) is 6.42. The number of halogens is 1. The number of fused-ring (bicyclic) bond motifs is 1. The molecule has 184 valence electrons. The van der Waals surface area contributed by atoms with Gasteiger partial charge >= 0.3 is 0 Å². The number of rotatable bonds is 7. The molecule has 2 aromatic carbocycles. The molecule has 2 saturated heterocycles. The number of nitrogens with one attached hydrogen (secondary N) is 1. The van der Waals surface area contributed by atoms with Crippen LogP contribution in [0, 0.1) is 0 Å². The number of hydrazone groups is 1. The van der Waals surface area contributed by atoms with Gasteiger partial charge in [-0.1, -0.05) is 41.9 Å². The SMILES string of the molecule is Clc1ccc(Cn2cc(/C=N\Nc3nc(N4CCCC4)nc(N4CCCC4)n3)c3ccccc32)cc1. The van der Waals surface area contributed by atoms with E-state index in [2.05, 4.69) is 77.5 Å². The number of nitrogens with zero attached hydrogens (tertiary/aromatic N) is 7. The van der Waals surface area contributed by atoms with Crippen molar-refractivity contribution in [2.24, 2.45) is 5.10 Å². The molecule has 4 heterocycles. The highest BCUT2D eigenvalue weighted by Crippen LogP contribution is 2.24. The largest absolute Gasteiger partial charge is 0.342 e. The predicted molar refractivity (Wildman–Crippen MR) is 146 cm³/mol. The van der Waals surface area contributed by atoms with Gasteiger partial charge in [0.15, 0.2) is 0 Å². The fourth-order valence-electron chi connectivity index (χ4n) is 4.98. The molecule has 0 radical (unpaired) electrons. The highest BCUT2D eigenvalue weighted by molar-refractivity contribution is 6.30. The lowest BCUT2D eigenvalue weighted by Gasteiger charge is -2.20. The molecule has 0 amide bonds. The second-order valence-electron chi connectivity index (χ2n) is 9.37. The van der Waals surface area contributed by atoms with Crippen molar-refractivity contribution in [2.45, 2.75) is 32.2 Å². The van der Waals surface area contributed by atoms with Gasteiger partial charge in [-0.25, -0.2) is 5.43 Å². The zero-order valence-corrected chi connectivity index (χ0v) is 20.9. The zero-order valence-electron chi connectivity index (χ0n) is 20.1. The van der Waals surface area contributed by atoms with E-state index in [1.165, 1.54) is 31.2 Å². The Morgan fingerprint density at radius 2 is 1.47 bits per heavy atom. The third-order valence-corrected chi connectivity index (χ3v) is 7.10. The van der Waals surface area contributed by atoms with Crippen LogP contribution in [0.3, 0.4) is 0 Å². The molecule has 0 spiro atoms. The predicted octanol–water partition coefficient (Wildman–Crippen LogP) is 5.17. The minimum atomic E-state index is 0.481. The van der Waals surface area contributed by atoms with Gasteiger partial charge in [-0.15, -0.1) is 0 Å². The van der Waals surface area contributed by atoms with Gasteiger partial charge in [0.25, 0.3) is 0 Å². The van der Waals surface area contributed by atoms with Crippen LogP contribution in [0.4, 0.5) is 17.8 Å². The molecule has 1 N–H and O–H groups in total. The van der Waals surface area contributed by atoms with Gasteiger partial charge in [-0.2, -0.15) is 20.1 Å². The summed E-state index contributed by atoms with van der Waals surface area (Å²) in [5.41, 5.74) is 6.45. The Balaban J connectivity index is 1.26. The molecule has 0 saturated carbocycles. The first-order valence-electron chi connectivity index (χ1n) is 12.6. The van der Waals surface area contributed by atoms with E-state index in [1.54, 1.807) is 0 Å². The molecule has 6 rings (SSSR count). The van der Waals surface area contributed by atoms with Gasteiger partial charge < -0.3 is 14.4 Å². The molecule has 0 bridgehead atoms. The molecule has 2 aliphatic heterocycles. The monoisotopic (exact) mass is 500 g/mol. The topological polar surface area (TPSA) is 74.5 Å². The number of para-hydroxylation sites is 1. The smallest absolute Gasteiger partial charge is 0.250 e. The number of benzene rings is 2. The fourth-order valence-corrected chi connectivity index (χ4v) is 5.10. The molecule has 2 aromatic heterocycles. The summed E-state index contributed by atoms with van der Waals surface area (Å²) in [5.74, 6) is 1.96. The van der Waals surface area contributed by atoms with Gasteiger partial charge in [0.2, 0.25) is 17.8 Å². The summed E-state index contributed by atoms with van der Waals surface area (Å²) in [6.07, 6.45) is 8.66. The Hall–Kier alpha value is -3.65. The number of hydrogen-bond acceptors (Lipinski definition) is 7. The van der Waals surface area contributed by atoms with Crippen molar-refractivity contribution in [1.82, 2.24) is 19.5 Å². The lowest BCUT2D eigenvalue weighted by Crippen LogP contribution is -2.25. The van der Waals surface area contributed by atoms with E-state index < -0.39 is 0 Å². The highest BCUT2D eigenvalue weighted by atomic mass is 35.5. The van der Waals surface area contributed by atoms with Gasteiger partial charge in [0.05, 0.1) is 6.21 Å². The minimum Gasteiger partial charge on any atom is -0.342 e. The van der Waals surface area contributed by atoms with Crippen LogP contribution in [-0.2, 0) is 6.54 Å². The lowest BCUT2D eigenvalue weighted by molar-refractivity contribution is 0.836. The van der Waals surface area contributed by atoms with E-state index in [0.29, 0.717) is 5.95 Å². The third-order valence-electron chi connectivity index (χ3n) is 6.84. The van der Waals surface area contributed by atoms with E-state index in [9.17, 15) is 0 Å². The molecule has 2 fully saturated rings. The molecule has 36 heavy (non-hydrogen) atoms. The summed E-state index contributed by atoms with van der Waals surface area (Å²) >= 11 is 6.06. The standard InChI is InChI=1S/C27H29ClN8/c28-22-11-9-20(10-12-22)18-36-19-21(23-7-1-2-8-24(23)36)17-29-33-25-30-26(34-13-3-4-14-34)32-27(31-25)35-15-5-6-16-35/h1-2,7-12,17,19H,3-6,13-16,18H2,(H,30,31,32,33)/b29-17-. The van der Waals surface area contributed by atoms with Gasteiger partial charge in [-0.05, 0) is 49.4 Å². The molecule has 0 aliphatic carbocycles. The number of hydrogen-bond donors (Lipinski definition) is 1. The second kappa shape index (κ2) is 10.1. The van der Waals surface area contributed by atoms with Crippen molar-refractivity contribution in [3.05, 3.63) is 70.9 Å². The quantitative estimate of drug-likeness (QED) is 0.278. The van der Waals surface area contributed by atoms with Crippen molar-refractivity contribution in [1.29, 1.82) is 0 Å². The van der Waals surface area contributed by atoms with Crippen LogP contribution in [-0.4, -0.2) is 51.9 Å². The van der Waals surface area contributed by atoms with Crippen molar-refractivity contribution in [3.8, 4) is 0 Å². The maximum absolute atomic E-state index is 6.06. The molecular weight excluding hydrogens is 472 g/mol. The van der Waals surface area contributed by atoms with E-state index in [0.717, 1.165) is 66.1 Å². The molecule has 0 atom stereocenters. The zero-order chi connectivity index (χ0) is 24.3. The molecule has 9 heteroatoms. The van der Waals surface area contributed by atoms with Crippen molar-refractivity contribution in [3.63, 3.8) is 0 Å². The van der Waals surface area contributed by atoms with Crippen LogP contribution in [0.1, 0.15) is 36.8 Å². The van der Waals surface area contributed by atoms with Crippen molar-refractivity contribution in [2.75, 3.05) is 41.4 Å². The first-order valence-corrected chi connectivity index (χ1v) is 13.0. The lowest BCUT2D eigenvalue weighted by atomic mass is 10.2. The van der Waals surface area contributed by atoms with Crippen molar-refractivity contribution < 1.29 is 0 Å². The van der Waals surface area contributed by atoms with E-state index in [1.807, 2.05) is 18.3 Å². The van der Waals surface area contributed by atoms with Gasteiger partial charge in [0, 0.05) is 60.4 Å². The minimum absolute atomic E-state index is 0.481. The summed E-state index contributed by atoms with van der Waals surface area (Å²) < 4.78 is 2.24. The number of anilines is 3. The van der Waals surface area contributed by atoms with Crippen LogP contribution in [0.15, 0.2) is 59.8 Å². The van der Waals surface area contributed by atoms with Gasteiger partial charge in [-0.3, -0.25) is 0 Å². The average molecular weight is 501 g/mol. The maximum Gasteiger partial charge on any atom is 0.250 e. The Morgan fingerprint density at radius 1 is 0.833 bits per heavy atom. The highest BCUT2D eigenvalue weighted by Gasteiger charge is 2.21. The second-order valence-corrected chi connectivity index (χ2v) is 9.81. The summed E-state index contributed by atoms with van der Waals surface area (Å²) in [6, 6.07) is 16.3. The molecule has 0 unspecified atom stereocenters. The first kappa shape index (κ1) is 22.8. The van der Waals surface area contributed by atoms with Crippen LogP contribution in [0.25, 0.3) is 10.9 Å². The van der Waals surface area contributed by atoms with Crippen molar-refractivity contribution >= 4 is 46.6 Å². The summed E-state index contributed by atoms with van der Waals surface area (Å²) in [6.45, 7) is 4.70. The Bertz CT molecular complexity index is 1330. The van der Waals surface area contributed by atoms with Gasteiger partial charge in [0.1, 0.15) is 0 Å². The molecule has 8 nitrogen and oxygen atoms in total. The molecular formula is C27H29ClN8. The summed E-state index contributed by atoms with van der Waals surface area (Å²) in [7, 11) is 0. The third kappa shape index (κ3) is 4.86. The molecule has 4 aromatic rings. The van der Waals surface area contributed by atoms with Crippen LogP contribution >= 0.6 is 11.6 Å². The Labute approximate surface area is 215 Å². The first-order chi connectivity index (χ1) is 17.7. The summed E-state index contributed by atoms with van der Waals surface area (Å²) in [4.78, 5) is 18.6. The Kier molecular flexibility index (Phi) is 6.42. The normalized spacial score (nSPS) is 16.0.